The lowest BCUT2D eigenvalue weighted by molar-refractivity contribution is 0.0950. The molecular formula is C15H18N4O. The van der Waals surface area contributed by atoms with Gasteiger partial charge in [-0.15, -0.1) is 0 Å². The zero-order chi connectivity index (χ0) is 14.5. The van der Waals surface area contributed by atoms with E-state index in [0.717, 1.165) is 17.0 Å². The quantitative estimate of drug-likeness (QED) is 0.662. The molecule has 0 aliphatic heterocycles. The third kappa shape index (κ3) is 3.32. The first-order chi connectivity index (χ1) is 9.58. The van der Waals surface area contributed by atoms with Crippen molar-refractivity contribution in [1.29, 1.82) is 0 Å². The molecule has 0 fully saturated rings. The fraction of sp³-hybridized carbons (Fsp3) is 0.267. The first kappa shape index (κ1) is 14.0. The lowest BCUT2D eigenvalue weighted by Gasteiger charge is -2.01. The molecule has 0 radical (unpaired) electrons. The molecule has 2 aromatic rings. The molecule has 104 valence electrons. The van der Waals surface area contributed by atoms with E-state index in [9.17, 15) is 4.79 Å². The van der Waals surface area contributed by atoms with Gasteiger partial charge in [-0.25, -0.2) is 5.43 Å². The van der Waals surface area contributed by atoms with Gasteiger partial charge >= 0.3 is 0 Å². The number of hydrazone groups is 1. The predicted molar refractivity (Wildman–Crippen MR) is 78.8 cm³/mol. The fourth-order valence-electron chi connectivity index (χ4n) is 1.68. The van der Waals surface area contributed by atoms with Gasteiger partial charge < -0.3 is 0 Å². The molecule has 0 atom stereocenters. The summed E-state index contributed by atoms with van der Waals surface area (Å²) in [7, 11) is 0. The average molecular weight is 270 g/mol. The molecule has 20 heavy (non-hydrogen) atoms. The minimum absolute atomic E-state index is 0.304. The van der Waals surface area contributed by atoms with Crippen molar-refractivity contribution < 1.29 is 4.79 Å². The topological polar surface area (TPSA) is 70.1 Å². The minimum Gasteiger partial charge on any atom is -0.282 e. The normalized spacial score (nSPS) is 11.7. The largest absolute Gasteiger partial charge is 0.291 e. The Hall–Kier alpha value is -2.43. The highest BCUT2D eigenvalue weighted by Crippen LogP contribution is 2.11. The smallest absolute Gasteiger partial charge is 0.282 e. The van der Waals surface area contributed by atoms with Gasteiger partial charge in [0, 0.05) is 5.69 Å². The third-order valence-electron chi connectivity index (χ3n) is 2.97. The van der Waals surface area contributed by atoms with Crippen molar-refractivity contribution in [1.82, 2.24) is 15.6 Å². The lowest BCUT2D eigenvalue weighted by atomic mass is 10.1. The summed E-state index contributed by atoms with van der Waals surface area (Å²) in [6.07, 6.45) is 0. The zero-order valence-corrected chi connectivity index (χ0v) is 11.8. The Morgan fingerprint density at radius 2 is 2.00 bits per heavy atom. The maximum atomic E-state index is 11.9. The zero-order valence-electron chi connectivity index (χ0n) is 11.8. The number of H-pyrrole nitrogens is 1. The van der Waals surface area contributed by atoms with Crippen molar-refractivity contribution in [3.8, 4) is 0 Å². The average Bonchev–Trinajstić information content (AvgIpc) is 2.95. The number of rotatable bonds is 4. The minimum atomic E-state index is -0.316. The van der Waals surface area contributed by atoms with Crippen LogP contribution in [0.4, 0.5) is 0 Å². The maximum Gasteiger partial charge on any atom is 0.291 e. The Morgan fingerprint density at radius 1 is 1.30 bits per heavy atom. The number of hydrogen-bond acceptors (Lipinski definition) is 3. The molecule has 5 nitrogen and oxygen atoms in total. The van der Waals surface area contributed by atoms with Crippen molar-refractivity contribution in [2.24, 2.45) is 5.10 Å². The van der Waals surface area contributed by atoms with Crippen LogP contribution in [0.25, 0.3) is 0 Å². The van der Waals surface area contributed by atoms with E-state index in [1.165, 1.54) is 0 Å². The van der Waals surface area contributed by atoms with Gasteiger partial charge in [0.15, 0.2) is 5.69 Å². The number of amides is 1. The maximum absolute atomic E-state index is 11.9. The van der Waals surface area contributed by atoms with Gasteiger partial charge in [-0.05, 0) is 24.5 Å². The van der Waals surface area contributed by atoms with Gasteiger partial charge in [-0.2, -0.15) is 10.2 Å². The van der Waals surface area contributed by atoms with Gasteiger partial charge in [-0.1, -0.05) is 44.2 Å². The van der Waals surface area contributed by atoms with Crippen LogP contribution in [0.5, 0.6) is 0 Å². The molecule has 1 amide bonds. The molecule has 0 saturated heterocycles. The summed E-state index contributed by atoms with van der Waals surface area (Å²) in [4.78, 5) is 11.9. The number of aromatic amines is 1. The molecule has 0 saturated carbocycles. The van der Waals surface area contributed by atoms with Crippen LogP contribution in [-0.4, -0.2) is 21.8 Å². The van der Waals surface area contributed by atoms with Gasteiger partial charge in [0.1, 0.15) is 0 Å². The van der Waals surface area contributed by atoms with E-state index in [4.69, 9.17) is 0 Å². The van der Waals surface area contributed by atoms with Crippen molar-refractivity contribution >= 4 is 11.6 Å². The van der Waals surface area contributed by atoms with Crippen LogP contribution in [0.3, 0.4) is 0 Å². The van der Waals surface area contributed by atoms with Crippen LogP contribution in [0.2, 0.25) is 0 Å². The van der Waals surface area contributed by atoms with Crippen molar-refractivity contribution in [3.05, 3.63) is 53.3 Å². The number of aromatic nitrogens is 2. The molecule has 0 bridgehead atoms. The molecule has 2 N–H and O–H groups in total. The van der Waals surface area contributed by atoms with Crippen LogP contribution in [-0.2, 0) is 0 Å². The number of carbonyl (C=O) groups excluding carboxylic acids is 1. The molecule has 0 unspecified atom stereocenters. The summed E-state index contributed by atoms with van der Waals surface area (Å²) in [5, 5.41) is 10.9. The van der Waals surface area contributed by atoms with Crippen LogP contribution in [0, 0.1) is 0 Å². The summed E-state index contributed by atoms with van der Waals surface area (Å²) in [5.74, 6) is -0.0120. The Kier molecular flexibility index (Phi) is 4.30. The second kappa shape index (κ2) is 6.14. The Morgan fingerprint density at radius 3 is 2.60 bits per heavy atom. The Labute approximate surface area is 118 Å². The molecule has 0 aliphatic rings. The van der Waals surface area contributed by atoms with E-state index in [2.05, 4.69) is 20.7 Å². The van der Waals surface area contributed by atoms with Crippen molar-refractivity contribution in [3.63, 3.8) is 0 Å². The van der Waals surface area contributed by atoms with E-state index >= 15 is 0 Å². The number of nitrogens with one attached hydrogen (secondary N) is 2. The van der Waals surface area contributed by atoms with Gasteiger partial charge in [0.2, 0.25) is 0 Å². The summed E-state index contributed by atoms with van der Waals surface area (Å²) in [6.45, 7) is 5.92. The van der Waals surface area contributed by atoms with Crippen LogP contribution in [0.1, 0.15) is 48.4 Å². The van der Waals surface area contributed by atoms with Gasteiger partial charge in [0.25, 0.3) is 5.91 Å². The Bertz CT molecular complexity index is 614. The lowest BCUT2D eigenvalue weighted by Crippen LogP contribution is -2.19. The van der Waals surface area contributed by atoms with E-state index in [-0.39, 0.29) is 5.91 Å². The molecule has 1 aromatic heterocycles. The predicted octanol–water partition coefficient (Wildman–Crippen LogP) is 2.69. The monoisotopic (exact) mass is 270 g/mol. The standard InChI is InChI=1S/C15H18N4O/c1-10(2)13-9-14(18-17-13)15(20)19-16-11(3)12-7-5-4-6-8-12/h4-10H,1-3H3,(H,17,18)(H,19,20)/b16-11+. The van der Waals surface area contributed by atoms with Crippen molar-refractivity contribution in [2.45, 2.75) is 26.7 Å². The van der Waals surface area contributed by atoms with Gasteiger partial charge in [-0.3, -0.25) is 9.89 Å². The summed E-state index contributed by atoms with van der Waals surface area (Å²) >= 11 is 0. The first-order valence-corrected chi connectivity index (χ1v) is 6.53. The second-order valence-corrected chi connectivity index (χ2v) is 4.87. The number of hydrogen-bond donors (Lipinski definition) is 2. The van der Waals surface area contributed by atoms with E-state index in [0.29, 0.717) is 11.6 Å². The molecule has 5 heteroatoms. The van der Waals surface area contributed by atoms with E-state index < -0.39 is 0 Å². The highest BCUT2D eigenvalue weighted by Gasteiger charge is 2.11. The first-order valence-electron chi connectivity index (χ1n) is 6.53. The van der Waals surface area contributed by atoms with Gasteiger partial charge in [0.05, 0.1) is 5.71 Å². The third-order valence-corrected chi connectivity index (χ3v) is 2.97. The molecular weight excluding hydrogens is 252 g/mol. The number of benzene rings is 1. The van der Waals surface area contributed by atoms with Crippen LogP contribution < -0.4 is 5.43 Å². The molecule has 1 aromatic carbocycles. The van der Waals surface area contributed by atoms with Crippen LogP contribution >= 0.6 is 0 Å². The highest BCUT2D eigenvalue weighted by molar-refractivity contribution is 6.00. The van der Waals surface area contributed by atoms with Crippen LogP contribution in [0.15, 0.2) is 41.5 Å². The molecule has 1 heterocycles. The number of carbonyl (C=O) groups is 1. The highest BCUT2D eigenvalue weighted by atomic mass is 16.2. The molecule has 0 spiro atoms. The van der Waals surface area contributed by atoms with E-state index in [1.807, 2.05) is 51.1 Å². The SMILES string of the molecule is C/C(=N\NC(=O)c1cc(C(C)C)[nH]n1)c1ccccc1. The van der Waals surface area contributed by atoms with Crippen molar-refractivity contribution in [2.75, 3.05) is 0 Å². The van der Waals surface area contributed by atoms with E-state index in [1.54, 1.807) is 6.07 Å². The summed E-state index contributed by atoms with van der Waals surface area (Å²) in [6, 6.07) is 11.4. The Balaban J connectivity index is 2.04. The molecule has 2 rings (SSSR count). The fourth-order valence-corrected chi connectivity index (χ4v) is 1.68. The summed E-state index contributed by atoms with van der Waals surface area (Å²) < 4.78 is 0. The second-order valence-electron chi connectivity index (χ2n) is 4.87. The molecule has 0 aliphatic carbocycles. The summed E-state index contributed by atoms with van der Waals surface area (Å²) in [5.41, 5.74) is 5.51. The number of nitrogens with zero attached hydrogens (tertiary/aromatic N) is 2.